The normalized spacial score (nSPS) is 19.0. The number of carbonyl (C=O) groups excluding carboxylic acids is 1. The van der Waals surface area contributed by atoms with Crippen molar-refractivity contribution in [2.24, 2.45) is 5.92 Å². The van der Waals surface area contributed by atoms with E-state index in [2.05, 4.69) is 4.74 Å². The maximum absolute atomic E-state index is 12.0. The summed E-state index contributed by atoms with van der Waals surface area (Å²) in [6, 6.07) is 5.67. The van der Waals surface area contributed by atoms with Crippen molar-refractivity contribution in [2.75, 3.05) is 5.75 Å². The molecule has 0 spiro atoms. The third-order valence-electron chi connectivity index (χ3n) is 3.17. The molecule has 3 nitrogen and oxygen atoms in total. The van der Waals surface area contributed by atoms with Gasteiger partial charge in [0.15, 0.2) is 5.78 Å². The molecule has 1 aromatic carbocycles. The molecule has 0 aliphatic heterocycles. The minimum Gasteiger partial charge on any atom is -0.512 e. The standard InChI is InChI=1S/C15H15F3O3S/c16-15(17,18)21-13-1-3-14(4-2-13)22-6-5-10-7-11(19)9-12(20)8-10/h1-4,9-10,19H,5-8H2. The average Bonchev–Trinajstić information content (AvgIpc) is 2.38. The van der Waals surface area contributed by atoms with Crippen molar-refractivity contribution < 1.29 is 27.8 Å². The van der Waals surface area contributed by atoms with Gasteiger partial charge in [0.2, 0.25) is 0 Å². The van der Waals surface area contributed by atoms with Crippen LogP contribution in [0.4, 0.5) is 13.2 Å². The predicted molar refractivity (Wildman–Crippen MR) is 76.9 cm³/mol. The molecule has 22 heavy (non-hydrogen) atoms. The van der Waals surface area contributed by atoms with E-state index in [1.165, 1.54) is 30.0 Å². The summed E-state index contributed by atoms with van der Waals surface area (Å²) in [4.78, 5) is 12.1. The fourth-order valence-corrected chi connectivity index (χ4v) is 3.26. The van der Waals surface area contributed by atoms with E-state index < -0.39 is 6.36 Å². The van der Waals surface area contributed by atoms with Gasteiger partial charge < -0.3 is 9.84 Å². The second kappa shape index (κ2) is 7.09. The zero-order valence-electron chi connectivity index (χ0n) is 11.6. The second-order valence-corrected chi connectivity index (χ2v) is 6.20. The van der Waals surface area contributed by atoms with Gasteiger partial charge >= 0.3 is 6.36 Å². The number of rotatable bonds is 5. The Hall–Kier alpha value is -1.63. The lowest BCUT2D eigenvalue weighted by molar-refractivity contribution is -0.274. The summed E-state index contributed by atoms with van der Waals surface area (Å²) >= 11 is 1.49. The van der Waals surface area contributed by atoms with Gasteiger partial charge in [0.1, 0.15) is 5.75 Å². The summed E-state index contributed by atoms with van der Waals surface area (Å²) in [6.07, 6.45) is -1.72. The van der Waals surface area contributed by atoms with Gasteiger partial charge in [0, 0.05) is 23.8 Å². The molecular formula is C15H15F3O3S. The van der Waals surface area contributed by atoms with E-state index in [9.17, 15) is 23.1 Å². The van der Waals surface area contributed by atoms with Gasteiger partial charge in [-0.25, -0.2) is 0 Å². The molecule has 0 amide bonds. The Morgan fingerprint density at radius 3 is 2.50 bits per heavy atom. The Bertz CT molecular complexity index is 552. The molecule has 0 saturated heterocycles. The van der Waals surface area contributed by atoms with Gasteiger partial charge in [-0.2, -0.15) is 0 Å². The third-order valence-corrected chi connectivity index (χ3v) is 4.21. The van der Waals surface area contributed by atoms with Gasteiger partial charge in [-0.05, 0) is 42.4 Å². The minimum absolute atomic E-state index is 0.0626. The fourth-order valence-electron chi connectivity index (χ4n) is 2.24. The number of aliphatic hydroxyl groups excluding tert-OH is 1. The summed E-state index contributed by atoms with van der Waals surface area (Å²) in [5, 5.41) is 9.42. The largest absolute Gasteiger partial charge is 0.573 e. The molecule has 1 atom stereocenters. The molecule has 0 saturated carbocycles. The molecule has 1 N–H and O–H groups in total. The molecule has 2 rings (SSSR count). The molecule has 1 aromatic rings. The van der Waals surface area contributed by atoms with Crippen molar-refractivity contribution in [1.29, 1.82) is 0 Å². The molecule has 0 bridgehead atoms. The van der Waals surface area contributed by atoms with E-state index in [0.29, 0.717) is 12.8 Å². The highest BCUT2D eigenvalue weighted by atomic mass is 32.2. The van der Waals surface area contributed by atoms with Crippen molar-refractivity contribution in [1.82, 2.24) is 0 Å². The van der Waals surface area contributed by atoms with E-state index in [1.54, 1.807) is 12.1 Å². The van der Waals surface area contributed by atoms with Gasteiger partial charge in [-0.15, -0.1) is 24.9 Å². The zero-order valence-corrected chi connectivity index (χ0v) is 12.4. The van der Waals surface area contributed by atoms with Crippen LogP contribution in [0.3, 0.4) is 0 Å². The van der Waals surface area contributed by atoms with Crippen LogP contribution in [0.1, 0.15) is 19.3 Å². The van der Waals surface area contributed by atoms with Crippen LogP contribution in [-0.2, 0) is 4.79 Å². The van der Waals surface area contributed by atoms with Crippen LogP contribution in [0.25, 0.3) is 0 Å². The summed E-state index contributed by atoms with van der Waals surface area (Å²) in [7, 11) is 0. The van der Waals surface area contributed by atoms with E-state index in [1.807, 2.05) is 0 Å². The fraction of sp³-hybridized carbons (Fsp3) is 0.400. The van der Waals surface area contributed by atoms with Gasteiger partial charge in [0.05, 0.1) is 5.76 Å². The minimum atomic E-state index is -4.68. The maximum atomic E-state index is 12.0. The van der Waals surface area contributed by atoms with Crippen LogP contribution in [0.2, 0.25) is 0 Å². The SMILES string of the molecule is O=C1C=C(O)CC(CCSc2ccc(OC(F)(F)F)cc2)C1. The summed E-state index contributed by atoms with van der Waals surface area (Å²) in [5.41, 5.74) is 0. The highest BCUT2D eigenvalue weighted by Crippen LogP contribution is 2.29. The average molecular weight is 332 g/mol. The number of benzene rings is 1. The first-order valence-corrected chi connectivity index (χ1v) is 7.71. The number of alkyl halides is 3. The number of ketones is 1. The zero-order chi connectivity index (χ0) is 16.2. The maximum Gasteiger partial charge on any atom is 0.573 e. The highest BCUT2D eigenvalue weighted by Gasteiger charge is 2.30. The Labute approximate surface area is 130 Å². The number of halogens is 3. The third kappa shape index (κ3) is 5.63. The Morgan fingerprint density at radius 1 is 1.23 bits per heavy atom. The van der Waals surface area contributed by atoms with Crippen LogP contribution in [-0.4, -0.2) is 23.0 Å². The smallest absolute Gasteiger partial charge is 0.512 e. The lowest BCUT2D eigenvalue weighted by Gasteiger charge is -2.18. The number of ether oxygens (including phenoxy) is 1. The topological polar surface area (TPSA) is 46.5 Å². The van der Waals surface area contributed by atoms with Gasteiger partial charge in [0.25, 0.3) is 0 Å². The first kappa shape index (κ1) is 16.7. The Morgan fingerprint density at radius 2 is 1.91 bits per heavy atom. The molecule has 120 valence electrons. The quantitative estimate of drug-likeness (QED) is 0.807. The monoisotopic (exact) mass is 332 g/mol. The predicted octanol–water partition coefficient (Wildman–Crippen LogP) is 4.49. The molecule has 0 heterocycles. The van der Waals surface area contributed by atoms with Crippen molar-refractivity contribution in [3.05, 3.63) is 36.1 Å². The van der Waals surface area contributed by atoms with Crippen molar-refractivity contribution in [3.63, 3.8) is 0 Å². The molecule has 7 heteroatoms. The van der Waals surface area contributed by atoms with E-state index >= 15 is 0 Å². The number of allylic oxidation sites excluding steroid dienone is 2. The lowest BCUT2D eigenvalue weighted by Crippen LogP contribution is -2.16. The van der Waals surface area contributed by atoms with E-state index in [-0.39, 0.29) is 23.2 Å². The van der Waals surface area contributed by atoms with Crippen molar-refractivity contribution >= 4 is 17.5 Å². The summed E-state index contributed by atoms with van der Waals surface area (Å²) in [5.74, 6) is 0.667. The number of aliphatic hydroxyl groups is 1. The van der Waals surface area contributed by atoms with Crippen LogP contribution in [0.15, 0.2) is 41.0 Å². The molecule has 0 fully saturated rings. The molecule has 1 unspecified atom stereocenters. The van der Waals surface area contributed by atoms with Crippen LogP contribution < -0.4 is 4.74 Å². The molecular weight excluding hydrogens is 317 g/mol. The number of hydrogen-bond donors (Lipinski definition) is 1. The first-order valence-electron chi connectivity index (χ1n) is 6.73. The van der Waals surface area contributed by atoms with Crippen molar-refractivity contribution in [2.45, 2.75) is 30.5 Å². The number of carbonyl (C=O) groups is 1. The van der Waals surface area contributed by atoms with Crippen LogP contribution in [0.5, 0.6) is 5.75 Å². The van der Waals surface area contributed by atoms with Gasteiger partial charge in [-0.1, -0.05) is 0 Å². The molecule has 0 radical (unpaired) electrons. The Kier molecular flexibility index (Phi) is 5.39. The second-order valence-electron chi connectivity index (χ2n) is 5.03. The molecule has 1 aliphatic rings. The van der Waals surface area contributed by atoms with Gasteiger partial charge in [-0.3, -0.25) is 4.79 Å². The number of thioether (sulfide) groups is 1. The number of hydrogen-bond acceptors (Lipinski definition) is 4. The summed E-state index contributed by atoms with van der Waals surface area (Å²) < 4.78 is 39.9. The van der Waals surface area contributed by atoms with Crippen LogP contribution in [0, 0.1) is 5.92 Å². The van der Waals surface area contributed by atoms with Crippen molar-refractivity contribution in [3.8, 4) is 5.75 Å². The lowest BCUT2D eigenvalue weighted by atomic mass is 9.90. The molecule has 1 aliphatic carbocycles. The Balaban J connectivity index is 1.78. The van der Waals surface area contributed by atoms with E-state index in [4.69, 9.17) is 0 Å². The first-order chi connectivity index (χ1) is 10.3. The molecule has 0 aromatic heterocycles. The van der Waals surface area contributed by atoms with Crippen LogP contribution >= 0.6 is 11.8 Å². The summed E-state index contributed by atoms with van der Waals surface area (Å²) in [6.45, 7) is 0. The highest BCUT2D eigenvalue weighted by molar-refractivity contribution is 7.99. The van der Waals surface area contributed by atoms with E-state index in [0.717, 1.165) is 17.1 Å².